The lowest BCUT2D eigenvalue weighted by Crippen LogP contribution is -2.23. The van der Waals surface area contributed by atoms with Gasteiger partial charge in [-0.05, 0) is 31.5 Å². The summed E-state index contributed by atoms with van der Waals surface area (Å²) >= 11 is 0. The zero-order valence-electron chi connectivity index (χ0n) is 14.6. The first-order valence-corrected chi connectivity index (χ1v) is 8.13. The first kappa shape index (κ1) is 17.0. The molecule has 1 aromatic heterocycles. The molecule has 2 N–H and O–H groups in total. The van der Waals surface area contributed by atoms with E-state index < -0.39 is 0 Å². The topological polar surface area (TPSA) is 53.1 Å². The molecule has 2 aromatic rings. The summed E-state index contributed by atoms with van der Waals surface area (Å²) in [6, 6.07) is 3.50. The second-order valence-electron chi connectivity index (χ2n) is 6.16. The molecule has 2 heterocycles. The Morgan fingerprint density at radius 2 is 2.20 bits per heavy atom. The van der Waals surface area contributed by atoms with E-state index in [1.807, 2.05) is 24.8 Å². The number of aryl methyl sites for hydroxylation is 2. The van der Waals surface area contributed by atoms with Crippen LogP contribution < -0.4 is 15.5 Å². The van der Waals surface area contributed by atoms with Crippen molar-refractivity contribution < 1.29 is 4.39 Å². The summed E-state index contributed by atoms with van der Waals surface area (Å²) < 4.78 is 14.7. The highest BCUT2D eigenvalue weighted by Gasteiger charge is 2.21. The third-order valence-corrected chi connectivity index (χ3v) is 4.14. The normalized spacial score (nSPS) is 13.7. The summed E-state index contributed by atoms with van der Waals surface area (Å²) in [6.45, 7) is 13.1. The van der Waals surface area contributed by atoms with Crippen LogP contribution in [0.4, 0.5) is 15.9 Å². The average Bonchev–Trinajstić information content (AvgIpc) is 3.01. The van der Waals surface area contributed by atoms with Crippen LogP contribution in [0, 0.1) is 19.7 Å². The fourth-order valence-corrected chi connectivity index (χ4v) is 2.87. The van der Waals surface area contributed by atoms with Gasteiger partial charge in [-0.15, -0.1) is 0 Å². The predicted octanol–water partition coefficient (Wildman–Crippen LogP) is 3.37. The number of halogens is 1. The lowest BCUT2D eigenvalue weighted by atomic mass is 10.1. The van der Waals surface area contributed by atoms with Crippen LogP contribution in [-0.4, -0.2) is 23.2 Å². The van der Waals surface area contributed by atoms with Gasteiger partial charge < -0.3 is 15.5 Å². The second-order valence-corrected chi connectivity index (χ2v) is 6.16. The van der Waals surface area contributed by atoms with Crippen LogP contribution in [0.1, 0.15) is 22.5 Å². The molecular formula is C19H22FN5. The Balaban J connectivity index is 1.83. The molecule has 130 valence electrons. The van der Waals surface area contributed by atoms with Gasteiger partial charge in [0.05, 0.1) is 18.9 Å². The molecule has 0 atom stereocenters. The third kappa shape index (κ3) is 3.63. The molecule has 0 amide bonds. The zero-order chi connectivity index (χ0) is 18.0. The maximum absolute atomic E-state index is 14.7. The number of hydrogen-bond acceptors (Lipinski definition) is 5. The first-order chi connectivity index (χ1) is 12.0. The molecule has 6 heteroatoms. The molecule has 0 radical (unpaired) electrons. The summed E-state index contributed by atoms with van der Waals surface area (Å²) in [7, 11) is 0. The van der Waals surface area contributed by atoms with Gasteiger partial charge in [-0.3, -0.25) is 0 Å². The van der Waals surface area contributed by atoms with Crippen LogP contribution in [0.3, 0.4) is 0 Å². The van der Waals surface area contributed by atoms with Gasteiger partial charge >= 0.3 is 0 Å². The van der Waals surface area contributed by atoms with E-state index >= 15 is 0 Å². The van der Waals surface area contributed by atoms with Gasteiger partial charge in [0, 0.05) is 29.6 Å². The van der Waals surface area contributed by atoms with E-state index in [1.54, 1.807) is 18.3 Å². The van der Waals surface area contributed by atoms with Crippen molar-refractivity contribution in [3.05, 3.63) is 65.5 Å². The van der Waals surface area contributed by atoms with Crippen molar-refractivity contribution in [1.82, 2.24) is 15.3 Å². The molecule has 0 aliphatic carbocycles. The fourth-order valence-electron chi connectivity index (χ4n) is 2.87. The van der Waals surface area contributed by atoms with Crippen LogP contribution in [0.15, 0.2) is 37.2 Å². The second kappa shape index (κ2) is 6.93. The highest BCUT2D eigenvalue weighted by atomic mass is 19.1. The minimum atomic E-state index is -0.263. The number of nitrogens with zero attached hydrogens (tertiary/aromatic N) is 3. The first-order valence-electron chi connectivity index (χ1n) is 8.13. The third-order valence-electron chi connectivity index (χ3n) is 4.14. The fraction of sp³-hybridized carbons (Fsp3) is 0.263. The van der Waals surface area contributed by atoms with Crippen molar-refractivity contribution >= 4 is 17.6 Å². The van der Waals surface area contributed by atoms with Crippen molar-refractivity contribution in [2.45, 2.75) is 20.4 Å². The number of nitrogens with one attached hydrogen (secondary N) is 2. The number of hydrogen-bond donors (Lipinski definition) is 2. The lowest BCUT2D eigenvalue weighted by Gasteiger charge is -2.21. The number of rotatable bonds is 5. The average molecular weight is 339 g/mol. The number of benzene rings is 1. The molecule has 1 saturated heterocycles. The summed E-state index contributed by atoms with van der Waals surface area (Å²) in [4.78, 5) is 10.5. The lowest BCUT2D eigenvalue weighted by molar-refractivity contribution is 0.620. The van der Waals surface area contributed by atoms with Gasteiger partial charge in [0.2, 0.25) is 0 Å². The van der Waals surface area contributed by atoms with Crippen molar-refractivity contribution in [2.75, 3.05) is 23.4 Å². The van der Waals surface area contributed by atoms with Gasteiger partial charge in [0.25, 0.3) is 0 Å². The van der Waals surface area contributed by atoms with E-state index in [0.717, 1.165) is 28.2 Å². The van der Waals surface area contributed by atoms with E-state index in [1.165, 1.54) is 0 Å². The maximum Gasteiger partial charge on any atom is 0.147 e. The van der Waals surface area contributed by atoms with Crippen LogP contribution in [0.2, 0.25) is 0 Å². The zero-order valence-corrected chi connectivity index (χ0v) is 14.6. The van der Waals surface area contributed by atoms with E-state index in [2.05, 4.69) is 33.8 Å². The van der Waals surface area contributed by atoms with Gasteiger partial charge in [0.1, 0.15) is 17.5 Å². The Kier molecular flexibility index (Phi) is 4.70. The molecule has 0 bridgehead atoms. The summed E-state index contributed by atoms with van der Waals surface area (Å²) in [5.41, 5.74) is 3.99. The van der Waals surface area contributed by atoms with Crippen molar-refractivity contribution in [2.24, 2.45) is 0 Å². The van der Waals surface area contributed by atoms with E-state index in [4.69, 9.17) is 0 Å². The summed E-state index contributed by atoms with van der Waals surface area (Å²) in [6.07, 6.45) is 3.46. The van der Waals surface area contributed by atoms with Crippen molar-refractivity contribution in [3.8, 4) is 0 Å². The predicted molar refractivity (Wildman–Crippen MR) is 99.8 cm³/mol. The van der Waals surface area contributed by atoms with E-state index in [9.17, 15) is 4.39 Å². The molecule has 0 saturated carbocycles. The standard InChI is InChI=1S/C19H22FN5/c1-5-16-6-15(9-22-19-12(2)8-21-14(4)24-19)7-17(20)18(16)25-10-13(3)23-11-25/h5-8,23H,1,3,9-11H2,2,4H3,(H,21,22,24). The Hall–Kier alpha value is -2.89. The highest BCUT2D eigenvalue weighted by molar-refractivity contribution is 5.69. The molecule has 0 unspecified atom stereocenters. The SMILES string of the molecule is C=Cc1cc(CNc2nc(C)ncc2C)cc(F)c1N1CNC(=C)C1. The van der Waals surface area contributed by atoms with Crippen molar-refractivity contribution in [3.63, 3.8) is 0 Å². The smallest absolute Gasteiger partial charge is 0.147 e. The number of aromatic nitrogens is 2. The summed E-state index contributed by atoms with van der Waals surface area (Å²) in [5.74, 6) is 1.20. The maximum atomic E-state index is 14.7. The molecule has 5 nitrogen and oxygen atoms in total. The van der Waals surface area contributed by atoms with Crippen LogP contribution in [-0.2, 0) is 6.54 Å². The van der Waals surface area contributed by atoms with Crippen LogP contribution >= 0.6 is 0 Å². The van der Waals surface area contributed by atoms with E-state index in [-0.39, 0.29) is 5.82 Å². The minimum absolute atomic E-state index is 0.263. The Morgan fingerprint density at radius 3 is 2.88 bits per heavy atom. The molecule has 1 fully saturated rings. The van der Waals surface area contributed by atoms with E-state index in [0.29, 0.717) is 31.3 Å². The van der Waals surface area contributed by atoms with Crippen LogP contribution in [0.5, 0.6) is 0 Å². The molecular weight excluding hydrogens is 317 g/mol. The Bertz CT molecular complexity index is 831. The molecule has 3 rings (SSSR count). The Labute approximate surface area is 147 Å². The minimum Gasteiger partial charge on any atom is -0.370 e. The molecule has 0 spiro atoms. The van der Waals surface area contributed by atoms with Gasteiger partial charge in [-0.2, -0.15) is 0 Å². The van der Waals surface area contributed by atoms with Crippen molar-refractivity contribution in [1.29, 1.82) is 0 Å². The quantitative estimate of drug-likeness (QED) is 0.875. The van der Waals surface area contributed by atoms with Gasteiger partial charge in [-0.1, -0.05) is 19.2 Å². The molecule has 25 heavy (non-hydrogen) atoms. The Morgan fingerprint density at radius 1 is 1.40 bits per heavy atom. The highest BCUT2D eigenvalue weighted by Crippen LogP contribution is 2.29. The molecule has 1 aliphatic rings. The molecule has 1 aliphatic heterocycles. The number of anilines is 2. The van der Waals surface area contributed by atoms with Gasteiger partial charge in [-0.25, -0.2) is 14.4 Å². The largest absolute Gasteiger partial charge is 0.370 e. The summed E-state index contributed by atoms with van der Waals surface area (Å²) in [5, 5.41) is 6.38. The monoisotopic (exact) mass is 339 g/mol. The molecule has 1 aromatic carbocycles. The van der Waals surface area contributed by atoms with Gasteiger partial charge in [0.15, 0.2) is 0 Å². The van der Waals surface area contributed by atoms with Crippen LogP contribution in [0.25, 0.3) is 6.08 Å².